The third-order valence-corrected chi connectivity index (χ3v) is 2.19. The Balaban J connectivity index is 3.36. The minimum atomic E-state index is -5.20. The number of hydrogen-bond donors (Lipinski definition) is 0. The van der Waals surface area contributed by atoms with E-state index < -0.39 is 29.5 Å². The van der Waals surface area contributed by atoms with Crippen molar-refractivity contribution in [2.45, 2.75) is 19.5 Å². The quantitative estimate of drug-likeness (QED) is 0.424. The van der Waals surface area contributed by atoms with E-state index in [2.05, 4.69) is 9.72 Å². The van der Waals surface area contributed by atoms with Gasteiger partial charge in [-0.3, -0.25) is 0 Å². The van der Waals surface area contributed by atoms with E-state index in [0.29, 0.717) is 6.07 Å². The predicted molar refractivity (Wildman–Crippen MR) is 53.4 cm³/mol. The molecule has 96 valence electrons. The molecular weight excluding hydrogens is 367 g/mol. The van der Waals surface area contributed by atoms with Crippen LogP contribution in [-0.4, -0.2) is 11.3 Å². The second-order valence-corrected chi connectivity index (χ2v) is 4.06. The minimum Gasteiger partial charge on any atom is -0.403 e. The monoisotopic (exact) mass is 371 g/mol. The molecule has 0 spiro atoms. The summed E-state index contributed by atoms with van der Waals surface area (Å²) >= 11 is 1.48. The van der Waals surface area contributed by atoms with Crippen molar-refractivity contribution < 1.29 is 31.1 Å². The number of aromatic nitrogens is 1. The zero-order valence-electron chi connectivity index (χ0n) is 8.08. The maximum atomic E-state index is 12.5. The first-order valence-corrected chi connectivity index (χ1v) is 5.08. The van der Waals surface area contributed by atoms with Crippen LogP contribution < -0.4 is 4.74 Å². The molecule has 0 aliphatic rings. The second-order valence-electron chi connectivity index (χ2n) is 2.95. The molecule has 0 saturated carbocycles. The largest absolute Gasteiger partial charge is 0.573 e. The summed E-state index contributed by atoms with van der Waals surface area (Å²) in [5.74, 6) is -1.31. The number of hydrogen-bond acceptors (Lipinski definition) is 2. The predicted octanol–water partition coefficient (Wildman–Crippen LogP) is 3.91. The summed E-state index contributed by atoms with van der Waals surface area (Å²) < 4.78 is 76.7. The first-order valence-electron chi connectivity index (χ1n) is 4.01. The van der Waals surface area contributed by atoms with Gasteiger partial charge < -0.3 is 4.74 Å². The standard InChI is InChI=1S/C8H4F6INO/c1-3-6(17-8(12,13)14)4(7(9,10)11)2-5(15)16-3/h2H,1H3. The maximum Gasteiger partial charge on any atom is 0.573 e. The van der Waals surface area contributed by atoms with Gasteiger partial charge in [-0.25, -0.2) is 4.98 Å². The van der Waals surface area contributed by atoms with Crippen molar-refractivity contribution in [2.24, 2.45) is 0 Å². The lowest BCUT2D eigenvalue weighted by atomic mass is 10.2. The average molecular weight is 371 g/mol. The van der Waals surface area contributed by atoms with Gasteiger partial charge in [0.2, 0.25) is 0 Å². The van der Waals surface area contributed by atoms with Crippen LogP contribution in [0.2, 0.25) is 0 Å². The number of rotatable bonds is 1. The zero-order valence-corrected chi connectivity index (χ0v) is 10.2. The number of alkyl halides is 6. The molecule has 9 heteroatoms. The third kappa shape index (κ3) is 3.89. The van der Waals surface area contributed by atoms with Gasteiger partial charge in [0.25, 0.3) is 0 Å². The summed E-state index contributed by atoms with van der Waals surface area (Å²) in [4.78, 5) is 3.49. The van der Waals surface area contributed by atoms with Gasteiger partial charge in [-0.1, -0.05) is 0 Å². The van der Waals surface area contributed by atoms with Crippen LogP contribution in [0, 0.1) is 10.6 Å². The van der Waals surface area contributed by atoms with Crippen LogP contribution in [0.1, 0.15) is 11.3 Å². The molecule has 1 rings (SSSR count). The summed E-state index contributed by atoms with van der Waals surface area (Å²) in [5, 5.41) is 0. The fraction of sp³-hybridized carbons (Fsp3) is 0.375. The van der Waals surface area contributed by atoms with E-state index in [4.69, 9.17) is 0 Å². The molecule has 17 heavy (non-hydrogen) atoms. The summed E-state index contributed by atoms with van der Waals surface area (Å²) in [6.45, 7) is 1.01. The van der Waals surface area contributed by atoms with E-state index in [1.165, 1.54) is 22.6 Å². The minimum absolute atomic E-state index is 0.0676. The fourth-order valence-electron chi connectivity index (χ4n) is 1.08. The highest BCUT2D eigenvalue weighted by molar-refractivity contribution is 14.1. The zero-order chi connectivity index (χ0) is 13.4. The smallest absolute Gasteiger partial charge is 0.403 e. The number of ether oxygens (including phenoxy) is 1. The van der Waals surface area contributed by atoms with E-state index >= 15 is 0 Å². The van der Waals surface area contributed by atoms with E-state index in [0.717, 1.165) is 6.92 Å². The Morgan fingerprint density at radius 3 is 2.12 bits per heavy atom. The van der Waals surface area contributed by atoms with Crippen LogP contribution in [-0.2, 0) is 6.18 Å². The van der Waals surface area contributed by atoms with Gasteiger partial charge in [-0.05, 0) is 35.6 Å². The molecule has 0 bridgehead atoms. The van der Waals surface area contributed by atoms with Crippen molar-refractivity contribution in [3.63, 3.8) is 0 Å². The highest BCUT2D eigenvalue weighted by Crippen LogP contribution is 2.40. The van der Waals surface area contributed by atoms with E-state index in [9.17, 15) is 26.3 Å². The van der Waals surface area contributed by atoms with Crippen molar-refractivity contribution >= 4 is 22.6 Å². The molecule has 0 radical (unpaired) electrons. The molecule has 0 aromatic carbocycles. The van der Waals surface area contributed by atoms with Gasteiger partial charge >= 0.3 is 12.5 Å². The van der Waals surface area contributed by atoms with Crippen LogP contribution in [0.5, 0.6) is 5.75 Å². The Bertz CT molecular complexity index is 427. The summed E-state index contributed by atoms with van der Waals surface area (Å²) in [6.07, 6.45) is -10.1. The van der Waals surface area contributed by atoms with Crippen molar-refractivity contribution in [2.75, 3.05) is 0 Å². The van der Waals surface area contributed by atoms with Crippen molar-refractivity contribution in [3.8, 4) is 5.75 Å². The lowest BCUT2D eigenvalue weighted by Gasteiger charge is -2.17. The third-order valence-electron chi connectivity index (χ3n) is 1.63. The van der Waals surface area contributed by atoms with Crippen molar-refractivity contribution in [1.82, 2.24) is 4.98 Å². The Labute approximate surface area is 105 Å². The summed E-state index contributed by atoms with van der Waals surface area (Å²) in [5.41, 5.74) is -1.96. The Morgan fingerprint density at radius 2 is 1.71 bits per heavy atom. The molecule has 0 fully saturated rings. The summed E-state index contributed by atoms with van der Waals surface area (Å²) in [6, 6.07) is 0.495. The Morgan fingerprint density at radius 1 is 1.18 bits per heavy atom. The molecule has 0 atom stereocenters. The highest BCUT2D eigenvalue weighted by Gasteiger charge is 2.40. The Kier molecular flexibility index (Phi) is 3.79. The molecule has 2 nitrogen and oxygen atoms in total. The molecule has 1 aromatic heterocycles. The molecule has 0 N–H and O–H groups in total. The van der Waals surface area contributed by atoms with Gasteiger partial charge in [0, 0.05) is 0 Å². The number of aryl methyl sites for hydroxylation is 1. The highest BCUT2D eigenvalue weighted by atomic mass is 127. The van der Waals surface area contributed by atoms with Gasteiger partial charge in [0.05, 0.1) is 5.69 Å². The average Bonchev–Trinajstić information content (AvgIpc) is 2.05. The molecule has 0 unspecified atom stereocenters. The SMILES string of the molecule is Cc1nc(I)cc(C(F)(F)F)c1OC(F)(F)F. The van der Waals surface area contributed by atoms with Crippen molar-refractivity contribution in [3.05, 3.63) is 21.0 Å². The molecule has 0 aliphatic carbocycles. The lowest BCUT2D eigenvalue weighted by Crippen LogP contribution is -2.21. The van der Waals surface area contributed by atoms with Gasteiger partial charge in [-0.15, -0.1) is 13.2 Å². The van der Waals surface area contributed by atoms with Crippen molar-refractivity contribution in [1.29, 1.82) is 0 Å². The van der Waals surface area contributed by atoms with Crippen LogP contribution in [0.25, 0.3) is 0 Å². The Hall–Kier alpha value is -0.740. The van der Waals surface area contributed by atoms with Gasteiger partial charge in [-0.2, -0.15) is 13.2 Å². The molecule has 0 aliphatic heterocycles. The molecule has 1 heterocycles. The summed E-state index contributed by atoms with van der Waals surface area (Å²) in [7, 11) is 0. The lowest BCUT2D eigenvalue weighted by molar-refractivity contribution is -0.276. The normalized spacial score (nSPS) is 12.7. The van der Waals surface area contributed by atoms with E-state index in [1.807, 2.05) is 0 Å². The van der Waals surface area contributed by atoms with Crippen LogP contribution >= 0.6 is 22.6 Å². The van der Waals surface area contributed by atoms with E-state index in [-0.39, 0.29) is 3.70 Å². The molecule has 0 saturated heterocycles. The van der Waals surface area contributed by atoms with Gasteiger partial charge in [0.1, 0.15) is 9.26 Å². The first-order chi connectivity index (χ1) is 7.50. The maximum absolute atomic E-state index is 12.5. The topological polar surface area (TPSA) is 22.1 Å². The number of halogens is 7. The van der Waals surface area contributed by atoms with Crippen LogP contribution in [0.3, 0.4) is 0 Å². The fourth-order valence-corrected chi connectivity index (χ4v) is 1.75. The molecular formula is C8H4F6INO. The number of pyridine rings is 1. The molecule has 0 amide bonds. The van der Waals surface area contributed by atoms with Gasteiger partial charge in [0.15, 0.2) is 5.75 Å². The second kappa shape index (κ2) is 4.50. The van der Waals surface area contributed by atoms with Crippen LogP contribution in [0.4, 0.5) is 26.3 Å². The first kappa shape index (κ1) is 14.3. The number of nitrogens with zero attached hydrogens (tertiary/aromatic N) is 1. The molecule has 1 aromatic rings. The van der Waals surface area contributed by atoms with E-state index in [1.54, 1.807) is 0 Å². The van der Waals surface area contributed by atoms with Crippen LogP contribution in [0.15, 0.2) is 6.07 Å².